The summed E-state index contributed by atoms with van der Waals surface area (Å²) in [5.41, 5.74) is -0.526. The molecule has 0 aromatic heterocycles. The Hall–Kier alpha value is -2.87. The maximum absolute atomic E-state index is 13.7. The molecule has 3 fully saturated rings. The van der Waals surface area contributed by atoms with Gasteiger partial charge in [0, 0.05) is 24.3 Å². The Morgan fingerprint density at radius 3 is 2.77 bits per heavy atom. The minimum absolute atomic E-state index is 0.0972. The topological polar surface area (TPSA) is 97.0 Å². The molecule has 188 valence electrons. The smallest absolute Gasteiger partial charge is 0.246 e. The molecule has 0 radical (unpaired) electrons. The monoisotopic (exact) mass is 481 g/mol. The summed E-state index contributed by atoms with van der Waals surface area (Å²) < 4.78 is 11.6. The Bertz CT molecular complexity index is 1040. The van der Waals surface area contributed by atoms with Crippen molar-refractivity contribution in [2.45, 2.75) is 69.7 Å². The highest BCUT2D eigenvalue weighted by molar-refractivity contribution is 6.02. The Kier molecular flexibility index (Phi) is 6.34. The first kappa shape index (κ1) is 23.9. The van der Waals surface area contributed by atoms with Crippen molar-refractivity contribution in [3.05, 3.63) is 36.4 Å². The number of nitrogens with zero attached hydrogens (tertiary/aromatic N) is 1. The van der Waals surface area contributed by atoms with Gasteiger partial charge in [-0.25, -0.2) is 0 Å². The molecule has 1 spiro atoms. The van der Waals surface area contributed by atoms with Gasteiger partial charge in [0.2, 0.25) is 17.7 Å². The van der Waals surface area contributed by atoms with Gasteiger partial charge in [0.05, 0.1) is 25.0 Å². The Labute approximate surface area is 206 Å². The summed E-state index contributed by atoms with van der Waals surface area (Å²) in [5.74, 6) is -1.04. The van der Waals surface area contributed by atoms with Crippen molar-refractivity contribution in [1.82, 2.24) is 10.2 Å². The summed E-state index contributed by atoms with van der Waals surface area (Å²) in [4.78, 5) is 42.5. The molecule has 1 aromatic rings. The lowest BCUT2D eigenvalue weighted by Crippen LogP contribution is -2.57. The van der Waals surface area contributed by atoms with Crippen molar-refractivity contribution < 1.29 is 23.9 Å². The summed E-state index contributed by atoms with van der Waals surface area (Å²) >= 11 is 0. The predicted octanol–water partition coefficient (Wildman–Crippen LogP) is 2.89. The zero-order chi connectivity index (χ0) is 24.7. The van der Waals surface area contributed by atoms with Crippen molar-refractivity contribution in [3.8, 4) is 5.75 Å². The molecule has 0 unspecified atom stereocenters. The van der Waals surface area contributed by atoms with Crippen LogP contribution in [0.15, 0.2) is 36.4 Å². The second-order valence-corrected chi connectivity index (χ2v) is 10.3. The quantitative estimate of drug-likeness (QED) is 0.584. The van der Waals surface area contributed by atoms with Crippen molar-refractivity contribution in [3.63, 3.8) is 0 Å². The van der Waals surface area contributed by atoms with Crippen LogP contribution in [0, 0.1) is 17.8 Å². The minimum atomic E-state index is -1.12. The van der Waals surface area contributed by atoms with E-state index in [0.717, 1.165) is 19.3 Å². The first-order valence-electron chi connectivity index (χ1n) is 12.8. The summed E-state index contributed by atoms with van der Waals surface area (Å²) in [6, 6.07) is 6.43. The Morgan fingerprint density at radius 1 is 1.23 bits per heavy atom. The summed E-state index contributed by atoms with van der Waals surface area (Å²) in [6.07, 6.45) is 8.19. The van der Waals surface area contributed by atoms with E-state index in [1.807, 2.05) is 19.1 Å². The largest absolute Gasteiger partial charge is 0.497 e. The second-order valence-electron chi connectivity index (χ2n) is 10.3. The van der Waals surface area contributed by atoms with E-state index in [9.17, 15) is 14.4 Å². The molecule has 5 rings (SSSR count). The molecule has 1 aliphatic carbocycles. The second kappa shape index (κ2) is 9.30. The van der Waals surface area contributed by atoms with Gasteiger partial charge in [-0.15, -0.1) is 0 Å². The van der Waals surface area contributed by atoms with Crippen LogP contribution in [0.1, 0.15) is 46.0 Å². The Balaban J connectivity index is 1.42. The molecule has 2 N–H and O–H groups in total. The van der Waals surface area contributed by atoms with Crippen LogP contribution in [0.25, 0.3) is 0 Å². The number of hydrogen-bond acceptors (Lipinski definition) is 5. The normalized spacial score (nSPS) is 35.2. The zero-order valence-corrected chi connectivity index (χ0v) is 20.7. The molecule has 1 saturated carbocycles. The number of carbonyl (C=O) groups is 3. The van der Waals surface area contributed by atoms with E-state index in [2.05, 4.69) is 17.6 Å². The van der Waals surface area contributed by atoms with Crippen molar-refractivity contribution in [2.75, 3.05) is 19.0 Å². The molecular formula is C27H35N3O5. The zero-order valence-electron chi connectivity index (χ0n) is 20.7. The average molecular weight is 482 g/mol. The van der Waals surface area contributed by atoms with E-state index >= 15 is 0 Å². The SMILES string of the molecule is CCCN1C(=O)[C@H]2[C@H](C(=O)Nc3cccc(OC)c3)[C@H]3C=C[C@@]2(O3)[C@@H]1C(=O)N[C@@H]1CCCC[C@H]1C. The summed E-state index contributed by atoms with van der Waals surface area (Å²) in [7, 11) is 1.57. The molecule has 4 aliphatic rings. The lowest BCUT2D eigenvalue weighted by atomic mass is 9.74. The van der Waals surface area contributed by atoms with E-state index in [4.69, 9.17) is 9.47 Å². The van der Waals surface area contributed by atoms with Crippen molar-refractivity contribution in [2.24, 2.45) is 17.8 Å². The molecule has 2 saturated heterocycles. The third-order valence-electron chi connectivity index (χ3n) is 8.17. The molecule has 1 aromatic carbocycles. The highest BCUT2D eigenvalue weighted by Crippen LogP contribution is 2.55. The number of hydrogen-bond donors (Lipinski definition) is 2. The molecular weight excluding hydrogens is 446 g/mol. The molecule has 3 amide bonds. The fraction of sp³-hybridized carbons (Fsp3) is 0.593. The third-order valence-corrected chi connectivity index (χ3v) is 8.17. The number of benzene rings is 1. The van der Waals surface area contributed by atoms with Gasteiger partial charge in [-0.05, 0) is 37.3 Å². The van der Waals surface area contributed by atoms with E-state index in [1.54, 1.807) is 36.3 Å². The predicted molar refractivity (Wildman–Crippen MR) is 131 cm³/mol. The van der Waals surface area contributed by atoms with Crippen LogP contribution in [-0.4, -0.2) is 60.1 Å². The van der Waals surface area contributed by atoms with Crippen LogP contribution in [-0.2, 0) is 19.1 Å². The highest BCUT2D eigenvalue weighted by Gasteiger charge is 2.72. The number of nitrogens with one attached hydrogen (secondary N) is 2. The molecule has 35 heavy (non-hydrogen) atoms. The van der Waals surface area contributed by atoms with Crippen LogP contribution in [0.2, 0.25) is 0 Å². The van der Waals surface area contributed by atoms with E-state index in [1.165, 1.54) is 6.42 Å². The van der Waals surface area contributed by atoms with Crippen molar-refractivity contribution in [1.29, 1.82) is 0 Å². The number of carbonyl (C=O) groups excluding carboxylic acids is 3. The maximum Gasteiger partial charge on any atom is 0.246 e. The summed E-state index contributed by atoms with van der Waals surface area (Å²) in [5, 5.41) is 6.18. The maximum atomic E-state index is 13.7. The van der Waals surface area contributed by atoms with Crippen LogP contribution in [0.3, 0.4) is 0 Å². The van der Waals surface area contributed by atoms with Gasteiger partial charge in [0.1, 0.15) is 17.4 Å². The first-order valence-corrected chi connectivity index (χ1v) is 12.8. The van der Waals surface area contributed by atoms with Gasteiger partial charge < -0.3 is 25.0 Å². The van der Waals surface area contributed by atoms with Gasteiger partial charge in [0.25, 0.3) is 0 Å². The molecule has 3 heterocycles. The summed E-state index contributed by atoms with van der Waals surface area (Å²) in [6.45, 7) is 4.60. The van der Waals surface area contributed by atoms with Crippen LogP contribution in [0.5, 0.6) is 5.75 Å². The van der Waals surface area contributed by atoms with E-state index in [-0.39, 0.29) is 23.8 Å². The highest BCUT2D eigenvalue weighted by atomic mass is 16.5. The standard InChI is InChI=1S/C27H35N3O5/c1-4-14-30-23(25(32)29-19-11-6-5-8-16(19)2)27-13-12-20(35-27)21(22(27)26(30)33)24(31)28-17-9-7-10-18(15-17)34-3/h7,9-10,12-13,15-16,19-23H,4-6,8,11,14H2,1-3H3,(H,28,31)(H,29,32)/t16-,19-,20-,21-,22-,23+,27+/m1/s1. The number of amides is 3. The average Bonchev–Trinajstić information content (AvgIpc) is 3.48. The van der Waals surface area contributed by atoms with Gasteiger partial charge >= 0.3 is 0 Å². The minimum Gasteiger partial charge on any atom is -0.497 e. The van der Waals surface area contributed by atoms with Gasteiger partial charge in [-0.1, -0.05) is 44.9 Å². The molecule has 7 atom stereocenters. The number of rotatable bonds is 7. The molecule has 3 aliphatic heterocycles. The lowest BCUT2D eigenvalue weighted by molar-refractivity contribution is -0.141. The van der Waals surface area contributed by atoms with E-state index < -0.39 is 29.6 Å². The number of fused-ring (bicyclic) bond motifs is 1. The van der Waals surface area contributed by atoms with Gasteiger partial charge in [-0.2, -0.15) is 0 Å². The number of methoxy groups -OCH3 is 1. The number of likely N-dealkylation sites (tertiary alicyclic amines) is 1. The van der Waals surface area contributed by atoms with Crippen molar-refractivity contribution >= 4 is 23.4 Å². The number of ether oxygens (including phenoxy) is 2. The van der Waals surface area contributed by atoms with Crippen LogP contribution >= 0.6 is 0 Å². The van der Waals surface area contributed by atoms with E-state index in [0.29, 0.717) is 30.3 Å². The van der Waals surface area contributed by atoms with Gasteiger partial charge in [0.15, 0.2) is 0 Å². The lowest BCUT2D eigenvalue weighted by Gasteiger charge is -2.35. The first-order chi connectivity index (χ1) is 16.9. The van der Waals surface area contributed by atoms with Crippen LogP contribution < -0.4 is 15.4 Å². The number of anilines is 1. The fourth-order valence-corrected chi connectivity index (χ4v) is 6.47. The molecule has 8 nitrogen and oxygen atoms in total. The van der Waals surface area contributed by atoms with Crippen LogP contribution in [0.4, 0.5) is 5.69 Å². The third kappa shape index (κ3) is 3.92. The molecule has 2 bridgehead atoms. The fourth-order valence-electron chi connectivity index (χ4n) is 6.47. The molecule has 8 heteroatoms. The van der Waals surface area contributed by atoms with Gasteiger partial charge in [-0.3, -0.25) is 14.4 Å². The Morgan fingerprint density at radius 2 is 2.03 bits per heavy atom.